The number of nitrogens with zero attached hydrogens (tertiary/aromatic N) is 1. The van der Waals surface area contributed by atoms with Gasteiger partial charge in [0.15, 0.2) is 0 Å². The van der Waals surface area contributed by atoms with E-state index in [0.29, 0.717) is 39.1 Å². The predicted octanol–water partition coefficient (Wildman–Crippen LogP) is 0.132. The summed E-state index contributed by atoms with van der Waals surface area (Å²) in [6, 6.07) is 0. The van der Waals surface area contributed by atoms with Crippen LogP contribution in [0.15, 0.2) is 12.2 Å². The van der Waals surface area contributed by atoms with Crippen LogP contribution in [-0.2, 0) is 24.4 Å². The SMILES string of the molecule is O=C(OC(CN1CCOCC1)CS(=O)(=O)[O-])C1CC=CCC1. The molecule has 2 unspecified atom stereocenters. The molecule has 0 aromatic rings. The van der Waals surface area contributed by atoms with E-state index >= 15 is 0 Å². The van der Waals surface area contributed by atoms with Gasteiger partial charge < -0.3 is 14.0 Å². The summed E-state index contributed by atoms with van der Waals surface area (Å²) in [4.78, 5) is 14.1. The molecule has 0 amide bonds. The van der Waals surface area contributed by atoms with Crippen LogP contribution in [-0.4, -0.2) is 68.5 Å². The van der Waals surface area contributed by atoms with Gasteiger partial charge >= 0.3 is 5.97 Å². The Hall–Kier alpha value is -0.960. The van der Waals surface area contributed by atoms with E-state index in [9.17, 15) is 17.8 Å². The number of hydrogen-bond donors (Lipinski definition) is 0. The van der Waals surface area contributed by atoms with Gasteiger partial charge in [-0.15, -0.1) is 0 Å². The fraction of sp³-hybridized carbons (Fsp3) is 0.786. The maximum absolute atomic E-state index is 12.1. The van der Waals surface area contributed by atoms with Crippen molar-refractivity contribution in [3.63, 3.8) is 0 Å². The second kappa shape index (κ2) is 8.05. The number of morpholine rings is 1. The number of hydrogen-bond acceptors (Lipinski definition) is 7. The number of rotatable bonds is 6. The van der Waals surface area contributed by atoms with Crippen LogP contribution in [0, 0.1) is 5.92 Å². The first kappa shape index (κ1) is 17.4. The van der Waals surface area contributed by atoms with Crippen LogP contribution in [0.2, 0.25) is 0 Å². The highest BCUT2D eigenvalue weighted by molar-refractivity contribution is 7.85. The molecular weight excluding hydrogens is 310 g/mol. The minimum Gasteiger partial charge on any atom is -0.748 e. The van der Waals surface area contributed by atoms with E-state index in [-0.39, 0.29) is 12.5 Å². The molecule has 0 radical (unpaired) electrons. The standard InChI is InChI=1S/C14H23NO6S/c16-14(12-4-2-1-3-5-12)21-13(11-22(17,18)19)10-15-6-8-20-9-7-15/h1-2,12-13H,3-11H2,(H,17,18,19)/p-1. The van der Waals surface area contributed by atoms with E-state index < -0.39 is 27.9 Å². The average molecular weight is 332 g/mol. The molecule has 0 spiro atoms. The average Bonchev–Trinajstić information content (AvgIpc) is 2.47. The van der Waals surface area contributed by atoms with E-state index in [0.717, 1.165) is 6.42 Å². The molecule has 2 atom stereocenters. The van der Waals surface area contributed by atoms with E-state index in [1.807, 2.05) is 17.1 Å². The second-order valence-electron chi connectivity index (χ2n) is 5.68. The third-order valence-corrected chi connectivity index (χ3v) is 4.62. The molecule has 126 valence electrons. The molecule has 0 aromatic carbocycles. The molecule has 22 heavy (non-hydrogen) atoms. The lowest BCUT2D eigenvalue weighted by Crippen LogP contribution is -2.44. The summed E-state index contributed by atoms with van der Waals surface area (Å²) in [5.41, 5.74) is 0. The van der Waals surface area contributed by atoms with Crippen molar-refractivity contribution in [3.8, 4) is 0 Å². The van der Waals surface area contributed by atoms with Gasteiger partial charge in [0.25, 0.3) is 0 Å². The third kappa shape index (κ3) is 6.04. The molecule has 0 N–H and O–H groups in total. The third-order valence-electron chi connectivity index (χ3n) is 3.84. The summed E-state index contributed by atoms with van der Waals surface area (Å²) in [5.74, 6) is -1.34. The maximum atomic E-state index is 12.1. The molecule has 0 aromatic heterocycles. The van der Waals surface area contributed by atoms with Crippen LogP contribution in [0.5, 0.6) is 0 Å². The van der Waals surface area contributed by atoms with Gasteiger partial charge in [-0.25, -0.2) is 8.42 Å². The maximum Gasteiger partial charge on any atom is 0.309 e. The molecule has 1 aliphatic carbocycles. The van der Waals surface area contributed by atoms with Gasteiger partial charge in [-0.05, 0) is 19.3 Å². The van der Waals surface area contributed by atoms with Gasteiger partial charge in [-0.3, -0.25) is 9.69 Å². The number of ether oxygens (including phenoxy) is 2. The zero-order chi connectivity index (χ0) is 16.0. The van der Waals surface area contributed by atoms with Crippen molar-refractivity contribution in [1.29, 1.82) is 0 Å². The Morgan fingerprint density at radius 1 is 1.36 bits per heavy atom. The molecule has 7 nitrogen and oxygen atoms in total. The minimum atomic E-state index is -4.45. The normalized spacial score (nSPS) is 24.9. The van der Waals surface area contributed by atoms with Gasteiger partial charge in [0, 0.05) is 19.6 Å². The van der Waals surface area contributed by atoms with Crippen LogP contribution >= 0.6 is 0 Å². The van der Waals surface area contributed by atoms with Crippen LogP contribution in [0.25, 0.3) is 0 Å². The van der Waals surface area contributed by atoms with E-state index in [2.05, 4.69) is 0 Å². The monoisotopic (exact) mass is 332 g/mol. The Labute approximate surface area is 131 Å². The van der Waals surface area contributed by atoms with Gasteiger partial charge in [0.1, 0.15) is 6.10 Å². The summed E-state index contributed by atoms with van der Waals surface area (Å²) in [6.45, 7) is 2.63. The second-order valence-corrected chi connectivity index (χ2v) is 7.13. The molecule has 1 aliphatic heterocycles. The summed E-state index contributed by atoms with van der Waals surface area (Å²) in [7, 11) is -4.45. The number of carbonyl (C=O) groups is 1. The van der Waals surface area contributed by atoms with Crippen LogP contribution in [0.3, 0.4) is 0 Å². The molecule has 0 saturated carbocycles. The molecule has 8 heteroatoms. The van der Waals surface area contributed by atoms with Crippen molar-refractivity contribution < 1.29 is 27.2 Å². The molecule has 2 aliphatic rings. The zero-order valence-electron chi connectivity index (χ0n) is 12.5. The lowest BCUT2D eigenvalue weighted by Gasteiger charge is -2.31. The van der Waals surface area contributed by atoms with Crippen LogP contribution < -0.4 is 0 Å². The van der Waals surface area contributed by atoms with Crippen LogP contribution in [0.1, 0.15) is 19.3 Å². The number of esters is 1. The lowest BCUT2D eigenvalue weighted by atomic mass is 9.95. The number of carbonyl (C=O) groups excluding carboxylic acids is 1. The Balaban J connectivity index is 1.93. The van der Waals surface area contributed by atoms with Crippen molar-refractivity contribution in [3.05, 3.63) is 12.2 Å². The van der Waals surface area contributed by atoms with Gasteiger partial charge in [-0.1, -0.05) is 12.2 Å². The van der Waals surface area contributed by atoms with Crippen molar-refractivity contribution in [2.75, 3.05) is 38.6 Å². The van der Waals surface area contributed by atoms with Gasteiger partial charge in [0.05, 0.1) is 35.0 Å². The first-order valence-corrected chi connectivity index (χ1v) is 9.11. The van der Waals surface area contributed by atoms with Gasteiger partial charge in [0.2, 0.25) is 0 Å². The highest BCUT2D eigenvalue weighted by Crippen LogP contribution is 2.20. The molecule has 1 heterocycles. The summed E-state index contributed by atoms with van der Waals surface area (Å²) >= 11 is 0. The molecular formula is C14H22NO6S-. The largest absolute Gasteiger partial charge is 0.748 e. The Kier molecular flexibility index (Phi) is 6.37. The fourth-order valence-corrected chi connectivity index (χ4v) is 3.32. The van der Waals surface area contributed by atoms with Crippen molar-refractivity contribution in [2.45, 2.75) is 25.4 Å². The van der Waals surface area contributed by atoms with Crippen molar-refractivity contribution >= 4 is 16.1 Å². The smallest absolute Gasteiger partial charge is 0.309 e. The summed E-state index contributed by atoms with van der Waals surface area (Å²) in [6.07, 6.45) is 5.14. The topological polar surface area (TPSA) is 96.0 Å². The van der Waals surface area contributed by atoms with Crippen LogP contribution in [0.4, 0.5) is 0 Å². The van der Waals surface area contributed by atoms with E-state index in [1.54, 1.807) is 0 Å². The molecule has 2 rings (SSSR count). The lowest BCUT2D eigenvalue weighted by molar-refractivity contribution is -0.154. The predicted molar refractivity (Wildman–Crippen MR) is 78.2 cm³/mol. The van der Waals surface area contributed by atoms with E-state index in [1.165, 1.54) is 0 Å². The Morgan fingerprint density at radius 3 is 2.68 bits per heavy atom. The molecule has 1 fully saturated rings. The first-order valence-electron chi connectivity index (χ1n) is 7.53. The zero-order valence-corrected chi connectivity index (χ0v) is 13.3. The first-order chi connectivity index (χ1) is 10.4. The molecule has 1 saturated heterocycles. The van der Waals surface area contributed by atoms with E-state index in [4.69, 9.17) is 9.47 Å². The number of allylic oxidation sites excluding steroid dienone is 2. The Bertz CT molecular complexity index is 497. The highest BCUT2D eigenvalue weighted by Gasteiger charge is 2.26. The molecule has 0 bridgehead atoms. The summed E-state index contributed by atoms with van der Waals surface area (Å²) in [5, 5.41) is 0. The summed E-state index contributed by atoms with van der Waals surface area (Å²) < 4.78 is 43.7. The fourth-order valence-electron chi connectivity index (χ4n) is 2.69. The Morgan fingerprint density at radius 2 is 2.09 bits per heavy atom. The highest BCUT2D eigenvalue weighted by atomic mass is 32.2. The quantitative estimate of drug-likeness (QED) is 0.387. The van der Waals surface area contributed by atoms with Crippen molar-refractivity contribution in [2.24, 2.45) is 5.92 Å². The van der Waals surface area contributed by atoms with Gasteiger partial charge in [-0.2, -0.15) is 0 Å². The minimum absolute atomic E-state index is 0.244. The van der Waals surface area contributed by atoms with Crippen molar-refractivity contribution in [1.82, 2.24) is 4.90 Å².